The molecule has 13 heavy (non-hydrogen) atoms. The minimum Gasteiger partial charge on any atom is -0.372 e. The van der Waals surface area contributed by atoms with Gasteiger partial charge in [0.15, 0.2) is 0 Å². The Morgan fingerprint density at radius 3 is 3.00 bits per heavy atom. The molecule has 2 heteroatoms. The van der Waals surface area contributed by atoms with Crippen molar-refractivity contribution in [1.29, 1.82) is 0 Å². The molecule has 0 spiro atoms. The molecule has 2 N–H and O–H groups in total. The summed E-state index contributed by atoms with van der Waals surface area (Å²) in [5, 5.41) is 0. The van der Waals surface area contributed by atoms with E-state index in [9.17, 15) is 0 Å². The van der Waals surface area contributed by atoms with Crippen LogP contribution in [0.4, 0.5) is 0 Å². The normalized spacial score (nSPS) is 27.0. The fourth-order valence-electron chi connectivity index (χ4n) is 1.90. The van der Waals surface area contributed by atoms with Crippen molar-refractivity contribution in [1.82, 2.24) is 0 Å². The zero-order valence-corrected chi connectivity index (χ0v) is 8.08. The molecule has 1 aromatic rings. The van der Waals surface area contributed by atoms with E-state index >= 15 is 0 Å². The molecule has 1 aliphatic heterocycles. The van der Waals surface area contributed by atoms with Gasteiger partial charge in [-0.15, -0.1) is 0 Å². The van der Waals surface area contributed by atoms with Crippen LogP contribution in [-0.4, -0.2) is 6.10 Å². The monoisotopic (exact) mass is 177 g/mol. The molecule has 0 aliphatic carbocycles. The maximum Gasteiger partial charge on any atom is 0.0744 e. The highest BCUT2D eigenvalue weighted by atomic mass is 16.5. The molecule has 0 aromatic heterocycles. The smallest absolute Gasteiger partial charge is 0.0744 e. The Morgan fingerprint density at radius 1 is 1.46 bits per heavy atom. The van der Waals surface area contributed by atoms with Gasteiger partial charge in [0, 0.05) is 0 Å². The van der Waals surface area contributed by atoms with Crippen LogP contribution in [0.15, 0.2) is 18.2 Å². The number of benzene rings is 1. The van der Waals surface area contributed by atoms with Gasteiger partial charge < -0.3 is 10.5 Å². The van der Waals surface area contributed by atoms with E-state index in [1.54, 1.807) is 0 Å². The van der Waals surface area contributed by atoms with Crippen LogP contribution in [-0.2, 0) is 11.3 Å². The SMILES string of the molecule is Cc1cccc2c1[C@H](N)[C@H](C)OC2. The molecule has 2 nitrogen and oxygen atoms in total. The molecule has 1 aromatic carbocycles. The number of aryl methyl sites for hydroxylation is 1. The molecule has 0 saturated carbocycles. The van der Waals surface area contributed by atoms with Crippen molar-refractivity contribution in [3.8, 4) is 0 Å². The number of nitrogens with two attached hydrogens (primary N) is 1. The molecule has 0 radical (unpaired) electrons. The number of ether oxygens (including phenoxy) is 1. The van der Waals surface area contributed by atoms with Crippen molar-refractivity contribution in [2.45, 2.75) is 32.6 Å². The summed E-state index contributed by atoms with van der Waals surface area (Å²) in [6, 6.07) is 6.29. The lowest BCUT2D eigenvalue weighted by Crippen LogP contribution is -2.32. The average molecular weight is 177 g/mol. The topological polar surface area (TPSA) is 35.2 Å². The lowest BCUT2D eigenvalue weighted by molar-refractivity contribution is 0.0211. The van der Waals surface area contributed by atoms with Crippen molar-refractivity contribution in [3.05, 3.63) is 34.9 Å². The summed E-state index contributed by atoms with van der Waals surface area (Å²) >= 11 is 0. The van der Waals surface area contributed by atoms with Crippen LogP contribution in [0.3, 0.4) is 0 Å². The molecule has 2 rings (SSSR count). The van der Waals surface area contributed by atoms with Crippen molar-refractivity contribution in [2.24, 2.45) is 5.73 Å². The van der Waals surface area contributed by atoms with E-state index in [2.05, 4.69) is 25.1 Å². The molecular formula is C11H15NO. The highest BCUT2D eigenvalue weighted by Crippen LogP contribution is 2.29. The first-order chi connectivity index (χ1) is 6.20. The van der Waals surface area contributed by atoms with Crippen LogP contribution >= 0.6 is 0 Å². The zero-order valence-electron chi connectivity index (χ0n) is 8.08. The molecule has 0 amide bonds. The average Bonchev–Trinajstić information content (AvgIpc) is 2.12. The van der Waals surface area contributed by atoms with Crippen molar-refractivity contribution in [3.63, 3.8) is 0 Å². The van der Waals surface area contributed by atoms with Crippen LogP contribution in [0.1, 0.15) is 29.7 Å². The predicted octanol–water partition coefficient (Wildman–Crippen LogP) is 1.91. The predicted molar refractivity (Wildman–Crippen MR) is 52.4 cm³/mol. The van der Waals surface area contributed by atoms with Crippen LogP contribution in [0, 0.1) is 6.92 Å². The van der Waals surface area contributed by atoms with Crippen LogP contribution in [0.25, 0.3) is 0 Å². The first-order valence-electron chi connectivity index (χ1n) is 4.65. The minimum absolute atomic E-state index is 0.0324. The van der Waals surface area contributed by atoms with E-state index in [1.807, 2.05) is 6.92 Å². The molecule has 1 aliphatic rings. The van der Waals surface area contributed by atoms with Crippen molar-refractivity contribution >= 4 is 0 Å². The van der Waals surface area contributed by atoms with Crippen molar-refractivity contribution in [2.75, 3.05) is 0 Å². The molecule has 0 unspecified atom stereocenters. The summed E-state index contributed by atoms with van der Waals surface area (Å²) in [5.41, 5.74) is 9.86. The molecule has 2 atom stereocenters. The second-order valence-corrected chi connectivity index (χ2v) is 3.69. The fraction of sp³-hybridized carbons (Fsp3) is 0.455. The largest absolute Gasteiger partial charge is 0.372 e. The van der Waals surface area contributed by atoms with Crippen molar-refractivity contribution < 1.29 is 4.74 Å². The second-order valence-electron chi connectivity index (χ2n) is 3.69. The van der Waals surface area contributed by atoms with E-state index in [4.69, 9.17) is 10.5 Å². The van der Waals surface area contributed by atoms with E-state index in [-0.39, 0.29) is 12.1 Å². The molecule has 1 heterocycles. The van der Waals surface area contributed by atoms with Gasteiger partial charge in [0.2, 0.25) is 0 Å². The first-order valence-corrected chi connectivity index (χ1v) is 4.65. The van der Waals surface area contributed by atoms with Gasteiger partial charge in [0.1, 0.15) is 0 Å². The Hall–Kier alpha value is -0.860. The maximum absolute atomic E-state index is 6.07. The number of hydrogen-bond donors (Lipinski definition) is 1. The molecule has 70 valence electrons. The third-order valence-corrected chi connectivity index (χ3v) is 2.76. The summed E-state index contributed by atoms with van der Waals surface area (Å²) in [5.74, 6) is 0. The Labute approximate surface area is 78.7 Å². The summed E-state index contributed by atoms with van der Waals surface area (Å²) in [6.07, 6.45) is 0.133. The zero-order chi connectivity index (χ0) is 9.42. The van der Waals surface area contributed by atoms with Gasteiger partial charge in [-0.25, -0.2) is 0 Å². The van der Waals surface area contributed by atoms with Gasteiger partial charge >= 0.3 is 0 Å². The van der Waals surface area contributed by atoms with Crippen LogP contribution in [0.2, 0.25) is 0 Å². The third kappa shape index (κ3) is 1.36. The number of rotatable bonds is 0. The highest BCUT2D eigenvalue weighted by Gasteiger charge is 2.24. The standard InChI is InChI=1S/C11H15NO/c1-7-4-3-5-9-6-13-8(2)11(12)10(7)9/h3-5,8,11H,6,12H2,1-2H3/t8-,11+/m0/s1. The lowest BCUT2D eigenvalue weighted by Gasteiger charge is -2.30. The maximum atomic E-state index is 6.07. The highest BCUT2D eigenvalue weighted by molar-refractivity contribution is 5.38. The van der Waals surface area contributed by atoms with E-state index in [1.165, 1.54) is 16.7 Å². The Kier molecular flexibility index (Phi) is 2.10. The Morgan fingerprint density at radius 2 is 2.23 bits per heavy atom. The van der Waals surface area contributed by atoms with Crippen LogP contribution in [0.5, 0.6) is 0 Å². The molecule has 0 fully saturated rings. The Balaban J connectivity index is 2.51. The molecular weight excluding hydrogens is 162 g/mol. The van der Waals surface area contributed by atoms with Gasteiger partial charge in [-0.05, 0) is 30.5 Å². The number of fused-ring (bicyclic) bond motifs is 1. The van der Waals surface area contributed by atoms with E-state index in [0.717, 1.165) is 0 Å². The van der Waals surface area contributed by atoms with Gasteiger partial charge in [-0.3, -0.25) is 0 Å². The quantitative estimate of drug-likeness (QED) is 0.657. The number of hydrogen-bond acceptors (Lipinski definition) is 2. The summed E-state index contributed by atoms with van der Waals surface area (Å²) in [6.45, 7) is 4.84. The van der Waals surface area contributed by atoms with Gasteiger partial charge in [0.05, 0.1) is 18.8 Å². The fourth-order valence-corrected chi connectivity index (χ4v) is 1.90. The third-order valence-electron chi connectivity index (χ3n) is 2.76. The Bertz CT molecular complexity index is 322. The van der Waals surface area contributed by atoms with E-state index in [0.29, 0.717) is 6.61 Å². The molecule has 0 saturated heterocycles. The summed E-state index contributed by atoms with van der Waals surface area (Å²) in [4.78, 5) is 0. The molecule has 0 bridgehead atoms. The first kappa shape index (κ1) is 8.73. The second kappa shape index (κ2) is 3.13. The summed E-state index contributed by atoms with van der Waals surface area (Å²) in [7, 11) is 0. The van der Waals surface area contributed by atoms with Gasteiger partial charge in [-0.1, -0.05) is 18.2 Å². The summed E-state index contributed by atoms with van der Waals surface area (Å²) < 4.78 is 5.55. The van der Waals surface area contributed by atoms with Gasteiger partial charge in [0.25, 0.3) is 0 Å². The van der Waals surface area contributed by atoms with E-state index < -0.39 is 0 Å². The minimum atomic E-state index is 0.0324. The van der Waals surface area contributed by atoms with Gasteiger partial charge in [-0.2, -0.15) is 0 Å². The lowest BCUT2D eigenvalue weighted by atomic mass is 9.91. The van der Waals surface area contributed by atoms with Crippen LogP contribution < -0.4 is 5.73 Å².